The lowest BCUT2D eigenvalue weighted by atomic mass is 10.2. The number of nitrogens with zero attached hydrogens (tertiary/aromatic N) is 1. The fourth-order valence-electron chi connectivity index (χ4n) is 1.26. The molecule has 0 fully saturated rings. The molecule has 0 radical (unpaired) electrons. The van der Waals surface area contributed by atoms with Gasteiger partial charge in [0, 0.05) is 12.1 Å². The summed E-state index contributed by atoms with van der Waals surface area (Å²) in [7, 11) is -3.48. The van der Waals surface area contributed by atoms with Crippen molar-refractivity contribution in [2.75, 3.05) is 11.3 Å². The van der Waals surface area contributed by atoms with E-state index in [2.05, 4.69) is 10.5 Å². The zero-order valence-corrected chi connectivity index (χ0v) is 11.4. The van der Waals surface area contributed by atoms with Gasteiger partial charge >= 0.3 is 0 Å². The molecular formula is C11H16ClN3O2S. The van der Waals surface area contributed by atoms with E-state index in [0.29, 0.717) is 11.4 Å². The molecular weight excluding hydrogens is 274 g/mol. The van der Waals surface area contributed by atoms with E-state index in [1.807, 2.05) is 0 Å². The van der Waals surface area contributed by atoms with Crippen LogP contribution in [0.15, 0.2) is 29.4 Å². The van der Waals surface area contributed by atoms with Gasteiger partial charge < -0.3 is 0 Å². The number of anilines is 1. The van der Waals surface area contributed by atoms with Crippen LogP contribution in [0.2, 0.25) is 0 Å². The molecule has 0 aliphatic heterocycles. The maximum absolute atomic E-state index is 10.9. The Morgan fingerprint density at radius 1 is 1.33 bits per heavy atom. The molecule has 0 unspecified atom stereocenters. The standard InChI is InChI=1S/C11H16ClN3O2S/c12-7-1-2-8-14-15-11-5-3-10(4-6-11)9-18(13,16)17/h3-6,8,15H,1-2,7,9H2,(H2,13,16,17)/b14-8+. The topological polar surface area (TPSA) is 84.5 Å². The zero-order valence-electron chi connectivity index (χ0n) is 9.84. The van der Waals surface area contributed by atoms with Crippen molar-refractivity contribution < 1.29 is 8.42 Å². The van der Waals surface area contributed by atoms with Crippen molar-refractivity contribution in [1.82, 2.24) is 0 Å². The van der Waals surface area contributed by atoms with Gasteiger partial charge in [-0.2, -0.15) is 5.10 Å². The van der Waals surface area contributed by atoms with E-state index in [0.717, 1.165) is 18.5 Å². The number of hydrogen-bond acceptors (Lipinski definition) is 4. The quantitative estimate of drug-likeness (QED) is 0.348. The summed E-state index contributed by atoms with van der Waals surface area (Å²) < 4.78 is 21.8. The number of sulfonamides is 1. The largest absolute Gasteiger partial charge is 0.279 e. The number of alkyl halides is 1. The van der Waals surface area contributed by atoms with Gasteiger partial charge in [0.15, 0.2) is 0 Å². The number of hydrazone groups is 1. The Morgan fingerprint density at radius 3 is 2.56 bits per heavy atom. The van der Waals surface area contributed by atoms with E-state index >= 15 is 0 Å². The molecule has 7 heteroatoms. The van der Waals surface area contributed by atoms with E-state index in [-0.39, 0.29) is 5.75 Å². The molecule has 1 rings (SSSR count). The summed E-state index contributed by atoms with van der Waals surface area (Å²) in [6.45, 7) is 0. The van der Waals surface area contributed by atoms with E-state index in [1.54, 1.807) is 30.5 Å². The fourth-order valence-corrected chi connectivity index (χ4v) is 2.07. The molecule has 0 bridgehead atoms. The van der Waals surface area contributed by atoms with E-state index < -0.39 is 10.0 Å². The minimum atomic E-state index is -3.48. The van der Waals surface area contributed by atoms with Crippen molar-refractivity contribution in [2.45, 2.75) is 18.6 Å². The highest BCUT2D eigenvalue weighted by Gasteiger charge is 2.04. The predicted octanol–water partition coefficient (Wildman–Crippen LogP) is 1.89. The van der Waals surface area contributed by atoms with Crippen LogP contribution in [0, 0.1) is 0 Å². The lowest BCUT2D eigenvalue weighted by molar-refractivity contribution is 0.597. The molecule has 0 saturated carbocycles. The fraction of sp³-hybridized carbons (Fsp3) is 0.364. The van der Waals surface area contributed by atoms with E-state index in [9.17, 15) is 8.42 Å². The normalized spacial score (nSPS) is 11.9. The van der Waals surface area contributed by atoms with Gasteiger partial charge in [-0.05, 0) is 30.5 Å². The van der Waals surface area contributed by atoms with Crippen molar-refractivity contribution in [2.24, 2.45) is 10.2 Å². The van der Waals surface area contributed by atoms with Crippen molar-refractivity contribution in [3.8, 4) is 0 Å². The van der Waals surface area contributed by atoms with Gasteiger partial charge in [0.1, 0.15) is 0 Å². The lowest BCUT2D eigenvalue weighted by Crippen LogP contribution is -2.14. The molecule has 1 aromatic carbocycles. The van der Waals surface area contributed by atoms with E-state index in [4.69, 9.17) is 16.7 Å². The number of nitrogens with one attached hydrogen (secondary N) is 1. The van der Waals surface area contributed by atoms with Crippen molar-refractivity contribution in [1.29, 1.82) is 0 Å². The summed E-state index contributed by atoms with van der Waals surface area (Å²) in [5.74, 6) is 0.459. The Morgan fingerprint density at radius 2 is 2.00 bits per heavy atom. The molecule has 5 nitrogen and oxygen atoms in total. The van der Waals surface area contributed by atoms with Crippen LogP contribution in [-0.4, -0.2) is 20.5 Å². The van der Waals surface area contributed by atoms with Crippen LogP contribution in [0.3, 0.4) is 0 Å². The maximum atomic E-state index is 10.9. The summed E-state index contributed by atoms with van der Waals surface area (Å²) in [4.78, 5) is 0. The lowest BCUT2D eigenvalue weighted by Gasteiger charge is -2.02. The second-order valence-corrected chi connectivity index (χ2v) is 5.75. The SMILES string of the molecule is NS(=O)(=O)Cc1ccc(N/N=C/CCCCl)cc1. The summed E-state index contributed by atoms with van der Waals surface area (Å²) >= 11 is 5.53. The maximum Gasteiger partial charge on any atom is 0.213 e. The summed E-state index contributed by atoms with van der Waals surface area (Å²) in [5, 5.41) is 8.96. The smallest absolute Gasteiger partial charge is 0.213 e. The Bertz CT molecular complexity index is 486. The Hall–Kier alpha value is -1.11. The molecule has 0 saturated heterocycles. The van der Waals surface area contributed by atoms with Crippen molar-refractivity contribution >= 4 is 33.5 Å². The number of primary sulfonamides is 1. The first-order valence-electron chi connectivity index (χ1n) is 5.44. The van der Waals surface area contributed by atoms with Crippen LogP contribution in [0.1, 0.15) is 18.4 Å². The Balaban J connectivity index is 2.48. The zero-order chi connectivity index (χ0) is 13.4. The van der Waals surface area contributed by atoms with Crippen LogP contribution >= 0.6 is 11.6 Å². The molecule has 0 aliphatic carbocycles. The Kier molecular flexibility index (Phi) is 6.11. The van der Waals surface area contributed by atoms with Crippen molar-refractivity contribution in [3.05, 3.63) is 29.8 Å². The molecule has 18 heavy (non-hydrogen) atoms. The van der Waals surface area contributed by atoms with Gasteiger partial charge in [-0.3, -0.25) is 5.43 Å². The first-order valence-corrected chi connectivity index (χ1v) is 7.69. The van der Waals surface area contributed by atoms with E-state index in [1.165, 1.54) is 0 Å². The van der Waals surface area contributed by atoms with Gasteiger partial charge in [-0.15, -0.1) is 11.6 Å². The van der Waals surface area contributed by atoms with Crippen LogP contribution in [0.5, 0.6) is 0 Å². The predicted molar refractivity (Wildman–Crippen MR) is 75.3 cm³/mol. The first-order chi connectivity index (χ1) is 8.51. The number of nitrogens with two attached hydrogens (primary N) is 1. The average molecular weight is 290 g/mol. The van der Waals surface area contributed by atoms with Crippen LogP contribution in [-0.2, 0) is 15.8 Å². The molecule has 0 atom stereocenters. The van der Waals surface area contributed by atoms with Gasteiger partial charge in [0.2, 0.25) is 10.0 Å². The first kappa shape index (κ1) is 14.9. The monoisotopic (exact) mass is 289 g/mol. The Labute approximate surface area is 112 Å². The number of halogens is 1. The highest BCUT2D eigenvalue weighted by Crippen LogP contribution is 2.11. The summed E-state index contributed by atoms with van der Waals surface area (Å²) in [5.41, 5.74) is 4.27. The van der Waals surface area contributed by atoms with Crippen LogP contribution in [0.4, 0.5) is 5.69 Å². The molecule has 0 spiro atoms. The van der Waals surface area contributed by atoms with Crippen LogP contribution in [0.25, 0.3) is 0 Å². The van der Waals surface area contributed by atoms with Crippen LogP contribution < -0.4 is 10.6 Å². The number of hydrogen-bond donors (Lipinski definition) is 2. The molecule has 3 N–H and O–H groups in total. The summed E-state index contributed by atoms with van der Waals surface area (Å²) in [6, 6.07) is 6.89. The number of unbranched alkanes of at least 4 members (excludes halogenated alkanes) is 1. The third kappa shape index (κ3) is 6.58. The highest BCUT2D eigenvalue weighted by molar-refractivity contribution is 7.88. The van der Waals surface area contributed by atoms with Gasteiger partial charge in [0.25, 0.3) is 0 Å². The molecule has 0 heterocycles. The van der Waals surface area contributed by atoms with Gasteiger partial charge in [0.05, 0.1) is 11.4 Å². The van der Waals surface area contributed by atoms with Gasteiger partial charge in [-0.25, -0.2) is 13.6 Å². The number of benzene rings is 1. The highest BCUT2D eigenvalue weighted by atomic mass is 35.5. The third-order valence-corrected chi connectivity index (χ3v) is 3.08. The second kappa shape index (κ2) is 7.35. The molecule has 0 amide bonds. The second-order valence-electron chi connectivity index (χ2n) is 3.76. The molecule has 0 aliphatic rings. The molecule has 0 aromatic heterocycles. The van der Waals surface area contributed by atoms with Crippen molar-refractivity contribution in [3.63, 3.8) is 0 Å². The third-order valence-electron chi connectivity index (χ3n) is 2.07. The minimum absolute atomic E-state index is 0.160. The molecule has 100 valence electrons. The van der Waals surface area contributed by atoms with Gasteiger partial charge in [-0.1, -0.05) is 12.1 Å². The summed E-state index contributed by atoms with van der Waals surface area (Å²) in [6.07, 6.45) is 3.46. The average Bonchev–Trinajstić information content (AvgIpc) is 2.29. The number of rotatable bonds is 7. The minimum Gasteiger partial charge on any atom is -0.279 e. The molecule has 1 aromatic rings.